The van der Waals surface area contributed by atoms with Gasteiger partial charge in [0, 0.05) is 11.7 Å². The molecule has 0 aliphatic rings. The molecular formula is C14H22N2O. The van der Waals surface area contributed by atoms with Gasteiger partial charge in [-0.1, -0.05) is 6.07 Å². The van der Waals surface area contributed by atoms with Crippen LogP contribution in [0.5, 0.6) is 0 Å². The molecule has 17 heavy (non-hydrogen) atoms. The third kappa shape index (κ3) is 4.19. The number of nitrogens with one attached hydrogen (secondary N) is 1. The topological polar surface area (TPSA) is 32.3 Å². The van der Waals surface area contributed by atoms with Crippen molar-refractivity contribution in [3.8, 4) is 0 Å². The molecule has 3 heteroatoms. The van der Waals surface area contributed by atoms with Crippen molar-refractivity contribution >= 4 is 11.6 Å². The van der Waals surface area contributed by atoms with Gasteiger partial charge in [0.15, 0.2) is 0 Å². The van der Waals surface area contributed by atoms with E-state index in [1.165, 1.54) is 11.1 Å². The Morgan fingerprint density at radius 1 is 1.29 bits per heavy atom. The Hall–Kier alpha value is -1.35. The standard InChI is InChI=1S/C14H22N2O/c1-10(2)16(5)9-14(17)15-13-7-6-11(3)12(4)8-13/h6-8,10H,9H2,1-5H3,(H,15,17). The van der Waals surface area contributed by atoms with Crippen molar-refractivity contribution in [3.05, 3.63) is 29.3 Å². The summed E-state index contributed by atoms with van der Waals surface area (Å²) in [6.07, 6.45) is 0. The van der Waals surface area contributed by atoms with Gasteiger partial charge in [-0.05, 0) is 58.0 Å². The number of nitrogens with zero attached hydrogens (tertiary/aromatic N) is 1. The fraction of sp³-hybridized carbons (Fsp3) is 0.500. The van der Waals surface area contributed by atoms with Crippen LogP contribution in [0, 0.1) is 13.8 Å². The summed E-state index contributed by atoms with van der Waals surface area (Å²) in [4.78, 5) is 13.8. The van der Waals surface area contributed by atoms with Gasteiger partial charge in [0.25, 0.3) is 0 Å². The maximum absolute atomic E-state index is 11.8. The zero-order valence-electron chi connectivity index (χ0n) is 11.4. The Kier molecular flexibility index (Phi) is 4.70. The van der Waals surface area contributed by atoms with Gasteiger partial charge in [-0.3, -0.25) is 9.69 Å². The zero-order valence-corrected chi connectivity index (χ0v) is 11.4. The van der Waals surface area contributed by atoms with Crippen LogP contribution in [0.2, 0.25) is 0 Å². The second-order valence-corrected chi connectivity index (χ2v) is 4.86. The van der Waals surface area contributed by atoms with Gasteiger partial charge in [-0.15, -0.1) is 0 Å². The average molecular weight is 234 g/mol. The minimum atomic E-state index is 0.0319. The van der Waals surface area contributed by atoms with Crippen LogP contribution in [0.4, 0.5) is 5.69 Å². The van der Waals surface area contributed by atoms with E-state index >= 15 is 0 Å². The number of aryl methyl sites for hydroxylation is 2. The first-order valence-corrected chi connectivity index (χ1v) is 5.97. The summed E-state index contributed by atoms with van der Waals surface area (Å²) < 4.78 is 0. The van der Waals surface area contributed by atoms with Crippen molar-refractivity contribution in [2.45, 2.75) is 33.7 Å². The maximum atomic E-state index is 11.8. The van der Waals surface area contributed by atoms with E-state index in [4.69, 9.17) is 0 Å². The third-order valence-electron chi connectivity index (χ3n) is 3.07. The molecule has 0 aliphatic heterocycles. The van der Waals surface area contributed by atoms with Crippen LogP contribution in [-0.4, -0.2) is 30.4 Å². The molecule has 1 aromatic carbocycles. The van der Waals surface area contributed by atoms with Crippen molar-refractivity contribution in [1.29, 1.82) is 0 Å². The van der Waals surface area contributed by atoms with E-state index in [1.54, 1.807) is 0 Å². The summed E-state index contributed by atoms with van der Waals surface area (Å²) >= 11 is 0. The number of rotatable bonds is 4. The van der Waals surface area contributed by atoms with Crippen LogP contribution >= 0.6 is 0 Å². The van der Waals surface area contributed by atoms with Crippen molar-refractivity contribution in [2.24, 2.45) is 0 Å². The van der Waals surface area contributed by atoms with Crippen LogP contribution < -0.4 is 5.32 Å². The van der Waals surface area contributed by atoms with E-state index in [0.29, 0.717) is 12.6 Å². The van der Waals surface area contributed by atoms with E-state index in [1.807, 2.05) is 37.1 Å². The first-order valence-electron chi connectivity index (χ1n) is 5.97. The molecular weight excluding hydrogens is 212 g/mol. The Bertz CT molecular complexity index is 399. The molecule has 0 heterocycles. The molecule has 1 rings (SSSR count). The lowest BCUT2D eigenvalue weighted by molar-refractivity contribution is -0.117. The van der Waals surface area contributed by atoms with E-state index in [0.717, 1.165) is 5.69 Å². The van der Waals surface area contributed by atoms with Gasteiger partial charge < -0.3 is 5.32 Å². The molecule has 0 bridgehead atoms. The molecule has 3 nitrogen and oxygen atoms in total. The molecule has 0 aromatic heterocycles. The van der Waals surface area contributed by atoms with Crippen molar-refractivity contribution < 1.29 is 4.79 Å². The highest BCUT2D eigenvalue weighted by molar-refractivity contribution is 5.92. The van der Waals surface area contributed by atoms with Gasteiger partial charge in [0.1, 0.15) is 0 Å². The molecule has 0 atom stereocenters. The molecule has 1 amide bonds. The maximum Gasteiger partial charge on any atom is 0.238 e. The number of carbonyl (C=O) groups is 1. The van der Waals surface area contributed by atoms with E-state index in [-0.39, 0.29) is 5.91 Å². The summed E-state index contributed by atoms with van der Waals surface area (Å²) in [6, 6.07) is 6.34. The Balaban J connectivity index is 2.59. The first kappa shape index (κ1) is 13.7. The Morgan fingerprint density at radius 3 is 2.47 bits per heavy atom. The number of anilines is 1. The predicted molar refractivity (Wildman–Crippen MR) is 72.3 cm³/mol. The quantitative estimate of drug-likeness (QED) is 0.868. The first-order chi connectivity index (χ1) is 7.90. The monoisotopic (exact) mass is 234 g/mol. The van der Waals surface area contributed by atoms with E-state index < -0.39 is 0 Å². The fourth-order valence-corrected chi connectivity index (χ4v) is 1.43. The zero-order chi connectivity index (χ0) is 13.0. The molecule has 0 fully saturated rings. The summed E-state index contributed by atoms with van der Waals surface area (Å²) in [5.74, 6) is 0.0319. The third-order valence-corrected chi connectivity index (χ3v) is 3.07. The minimum absolute atomic E-state index is 0.0319. The highest BCUT2D eigenvalue weighted by atomic mass is 16.2. The molecule has 0 saturated carbocycles. The van der Waals surface area contributed by atoms with Crippen molar-refractivity contribution in [1.82, 2.24) is 4.90 Å². The molecule has 0 spiro atoms. The highest BCUT2D eigenvalue weighted by Crippen LogP contribution is 2.14. The molecule has 0 radical (unpaired) electrons. The Morgan fingerprint density at radius 2 is 1.94 bits per heavy atom. The molecule has 0 saturated heterocycles. The lowest BCUT2D eigenvalue weighted by Gasteiger charge is -2.20. The van der Waals surface area contributed by atoms with Gasteiger partial charge in [0.2, 0.25) is 5.91 Å². The molecule has 0 unspecified atom stereocenters. The number of likely N-dealkylation sites (N-methyl/N-ethyl adjacent to an activating group) is 1. The van der Waals surface area contributed by atoms with Gasteiger partial charge in [-0.25, -0.2) is 0 Å². The van der Waals surface area contributed by atoms with Crippen LogP contribution in [0.1, 0.15) is 25.0 Å². The Labute approximate surface area is 104 Å². The van der Waals surface area contributed by atoms with Crippen molar-refractivity contribution in [2.75, 3.05) is 18.9 Å². The summed E-state index contributed by atoms with van der Waals surface area (Å²) in [7, 11) is 1.95. The van der Waals surface area contributed by atoms with Gasteiger partial charge in [-0.2, -0.15) is 0 Å². The number of hydrogen-bond acceptors (Lipinski definition) is 2. The fourth-order valence-electron chi connectivity index (χ4n) is 1.43. The van der Waals surface area contributed by atoms with Gasteiger partial charge >= 0.3 is 0 Å². The number of benzene rings is 1. The average Bonchev–Trinajstić information content (AvgIpc) is 2.23. The lowest BCUT2D eigenvalue weighted by atomic mass is 10.1. The predicted octanol–water partition coefficient (Wildman–Crippen LogP) is 2.58. The summed E-state index contributed by atoms with van der Waals surface area (Å²) in [6.45, 7) is 8.68. The SMILES string of the molecule is Cc1ccc(NC(=O)CN(C)C(C)C)cc1C. The lowest BCUT2D eigenvalue weighted by Crippen LogP contribution is -2.34. The summed E-state index contributed by atoms with van der Waals surface area (Å²) in [5.41, 5.74) is 3.30. The van der Waals surface area contributed by atoms with Crippen LogP contribution in [0.15, 0.2) is 18.2 Å². The number of carbonyl (C=O) groups excluding carboxylic acids is 1. The normalized spacial score (nSPS) is 11.0. The minimum Gasteiger partial charge on any atom is -0.325 e. The molecule has 1 aromatic rings. The summed E-state index contributed by atoms with van der Waals surface area (Å²) in [5, 5.41) is 2.92. The highest BCUT2D eigenvalue weighted by Gasteiger charge is 2.09. The van der Waals surface area contributed by atoms with Gasteiger partial charge in [0.05, 0.1) is 6.54 Å². The van der Waals surface area contributed by atoms with E-state index in [9.17, 15) is 4.79 Å². The van der Waals surface area contributed by atoms with Crippen LogP contribution in [-0.2, 0) is 4.79 Å². The molecule has 1 N–H and O–H groups in total. The number of amides is 1. The molecule has 94 valence electrons. The second-order valence-electron chi connectivity index (χ2n) is 4.86. The van der Waals surface area contributed by atoms with Crippen LogP contribution in [0.3, 0.4) is 0 Å². The molecule has 0 aliphatic carbocycles. The van der Waals surface area contributed by atoms with Crippen molar-refractivity contribution in [3.63, 3.8) is 0 Å². The number of hydrogen-bond donors (Lipinski definition) is 1. The largest absolute Gasteiger partial charge is 0.325 e. The smallest absolute Gasteiger partial charge is 0.238 e. The van der Waals surface area contributed by atoms with Crippen LogP contribution in [0.25, 0.3) is 0 Å². The second kappa shape index (κ2) is 5.82. The van der Waals surface area contributed by atoms with E-state index in [2.05, 4.69) is 26.1 Å².